The molecule has 0 fully saturated rings. The highest BCUT2D eigenvalue weighted by Gasteiger charge is 2.12. The molecule has 0 saturated carbocycles. The Labute approximate surface area is 107 Å². The van der Waals surface area contributed by atoms with Crippen molar-refractivity contribution in [2.75, 3.05) is 13.1 Å². The molecule has 0 spiro atoms. The quantitative estimate of drug-likeness (QED) is 0.345. The van der Waals surface area contributed by atoms with E-state index in [2.05, 4.69) is 40.5 Å². The van der Waals surface area contributed by atoms with Crippen molar-refractivity contribution >= 4 is 0 Å². The summed E-state index contributed by atoms with van der Waals surface area (Å²) in [6.07, 6.45) is 0.747. The minimum absolute atomic E-state index is 0.214. The summed E-state index contributed by atoms with van der Waals surface area (Å²) in [4.78, 5) is 2.67. The number of hydrogen-bond donors (Lipinski definition) is 1. The van der Waals surface area contributed by atoms with Gasteiger partial charge in [-0.1, -0.05) is 42.4 Å². The molecule has 2 unspecified atom stereocenters. The van der Waals surface area contributed by atoms with E-state index in [4.69, 9.17) is 10.8 Å². The Morgan fingerprint density at radius 3 is 2.78 bits per heavy atom. The van der Waals surface area contributed by atoms with Gasteiger partial charge >= 0.3 is 0 Å². The molecule has 1 aromatic rings. The molecule has 0 aliphatic heterocycles. The maximum absolute atomic E-state index is 9.06. The van der Waals surface area contributed by atoms with Crippen LogP contribution in [-0.4, -0.2) is 19.1 Å². The minimum atomic E-state index is -0.214. The highest BCUT2D eigenvalue weighted by Crippen LogP contribution is 2.19. The second kappa shape index (κ2) is 8.13. The highest BCUT2D eigenvalue weighted by molar-refractivity contribution is 5.19. The van der Waals surface area contributed by atoms with Crippen LogP contribution in [-0.2, 0) is 0 Å². The summed E-state index contributed by atoms with van der Waals surface area (Å²) >= 11 is 0. The van der Waals surface area contributed by atoms with Gasteiger partial charge in [0, 0.05) is 18.0 Å². The summed E-state index contributed by atoms with van der Waals surface area (Å²) in [5.74, 6) is 0.322. The first-order valence-corrected chi connectivity index (χ1v) is 5.96. The zero-order valence-electron chi connectivity index (χ0n) is 10.5. The maximum atomic E-state index is 9.06. The molecule has 0 bridgehead atoms. The molecule has 1 N–H and O–H groups in total. The molecule has 18 heavy (non-hydrogen) atoms. The molecule has 0 saturated heterocycles. The average molecular weight is 243 g/mol. The third-order valence-corrected chi connectivity index (χ3v) is 2.78. The second-order valence-corrected chi connectivity index (χ2v) is 4.14. The van der Waals surface area contributed by atoms with Crippen molar-refractivity contribution in [2.45, 2.75) is 25.3 Å². The van der Waals surface area contributed by atoms with Gasteiger partial charge in [-0.15, -0.1) is 0 Å². The fraction of sp³-hybridized carbons (Fsp3) is 0.462. The van der Waals surface area contributed by atoms with Crippen molar-refractivity contribution < 1.29 is 0 Å². The Balaban J connectivity index is 2.43. The van der Waals surface area contributed by atoms with Gasteiger partial charge < -0.3 is 5.32 Å². The molecule has 5 heteroatoms. The number of nitrogens with zero attached hydrogens (tertiary/aromatic N) is 4. The van der Waals surface area contributed by atoms with Gasteiger partial charge in [0.05, 0.1) is 12.1 Å². The van der Waals surface area contributed by atoms with Gasteiger partial charge in [-0.25, -0.2) is 0 Å². The zero-order chi connectivity index (χ0) is 13.2. The monoisotopic (exact) mass is 243 g/mol. The van der Waals surface area contributed by atoms with Crippen LogP contribution >= 0.6 is 0 Å². The van der Waals surface area contributed by atoms with Crippen LogP contribution in [0.1, 0.15) is 24.8 Å². The SMILES string of the molecule is CC(CC(C#N)NCCN=[N+]=[N-])c1ccccc1. The third kappa shape index (κ3) is 4.88. The van der Waals surface area contributed by atoms with E-state index < -0.39 is 0 Å². The molecule has 0 heterocycles. The fourth-order valence-electron chi connectivity index (χ4n) is 1.79. The van der Waals surface area contributed by atoms with Crippen LogP contribution in [0, 0.1) is 11.3 Å². The lowest BCUT2D eigenvalue weighted by Crippen LogP contribution is -2.31. The van der Waals surface area contributed by atoms with Crippen LogP contribution in [0.4, 0.5) is 0 Å². The van der Waals surface area contributed by atoms with Crippen LogP contribution in [0.25, 0.3) is 10.4 Å². The number of nitrogens with one attached hydrogen (secondary N) is 1. The summed E-state index contributed by atoms with van der Waals surface area (Å²) < 4.78 is 0. The molecule has 0 amide bonds. The number of azide groups is 1. The van der Waals surface area contributed by atoms with E-state index in [-0.39, 0.29) is 6.04 Å². The Morgan fingerprint density at radius 1 is 1.44 bits per heavy atom. The summed E-state index contributed by atoms with van der Waals surface area (Å²) in [6, 6.07) is 12.1. The Morgan fingerprint density at radius 2 is 2.17 bits per heavy atom. The molecule has 1 aromatic carbocycles. The maximum Gasteiger partial charge on any atom is 0.0958 e. The van der Waals surface area contributed by atoms with Gasteiger partial charge in [-0.2, -0.15) is 5.26 Å². The summed E-state index contributed by atoms with van der Waals surface area (Å²) in [6.45, 7) is 3.01. The summed E-state index contributed by atoms with van der Waals surface area (Å²) in [7, 11) is 0. The van der Waals surface area contributed by atoms with Gasteiger partial charge in [0.15, 0.2) is 0 Å². The first-order chi connectivity index (χ1) is 8.77. The van der Waals surface area contributed by atoms with Crippen LogP contribution in [0.5, 0.6) is 0 Å². The molecule has 0 aliphatic carbocycles. The Kier molecular flexibility index (Phi) is 6.34. The predicted molar refractivity (Wildman–Crippen MR) is 70.9 cm³/mol. The average Bonchev–Trinajstić information content (AvgIpc) is 2.43. The van der Waals surface area contributed by atoms with Gasteiger partial charge in [-0.3, -0.25) is 0 Å². The highest BCUT2D eigenvalue weighted by atomic mass is 15.1. The number of rotatable bonds is 7. The normalized spacial score (nSPS) is 13.1. The number of hydrogen-bond acceptors (Lipinski definition) is 3. The van der Waals surface area contributed by atoms with Crippen molar-refractivity contribution in [2.24, 2.45) is 5.11 Å². The van der Waals surface area contributed by atoms with Crippen LogP contribution in [0.15, 0.2) is 35.4 Å². The van der Waals surface area contributed by atoms with E-state index in [1.165, 1.54) is 5.56 Å². The van der Waals surface area contributed by atoms with Crippen LogP contribution < -0.4 is 5.32 Å². The molecular formula is C13H17N5. The lowest BCUT2D eigenvalue weighted by Gasteiger charge is -2.16. The van der Waals surface area contributed by atoms with Gasteiger partial charge in [0.1, 0.15) is 0 Å². The van der Waals surface area contributed by atoms with Gasteiger partial charge in [0.25, 0.3) is 0 Å². The third-order valence-electron chi connectivity index (χ3n) is 2.78. The molecule has 1 rings (SSSR count). The number of nitriles is 1. The van der Waals surface area contributed by atoms with Gasteiger partial charge in [0.2, 0.25) is 0 Å². The van der Waals surface area contributed by atoms with Gasteiger partial charge in [-0.05, 0) is 23.4 Å². The lowest BCUT2D eigenvalue weighted by molar-refractivity contribution is 0.528. The van der Waals surface area contributed by atoms with Crippen LogP contribution in [0.2, 0.25) is 0 Å². The molecule has 2 atom stereocenters. The Bertz CT molecular complexity index is 430. The van der Waals surface area contributed by atoms with Crippen molar-refractivity contribution in [3.05, 3.63) is 46.3 Å². The van der Waals surface area contributed by atoms with Crippen molar-refractivity contribution in [1.82, 2.24) is 5.32 Å². The largest absolute Gasteiger partial charge is 0.302 e. The molecular weight excluding hydrogens is 226 g/mol. The molecule has 0 radical (unpaired) electrons. The van der Waals surface area contributed by atoms with Crippen molar-refractivity contribution in [3.8, 4) is 6.07 Å². The van der Waals surface area contributed by atoms with E-state index in [0.29, 0.717) is 19.0 Å². The Hall–Kier alpha value is -2.02. The van der Waals surface area contributed by atoms with E-state index in [1.54, 1.807) is 0 Å². The fourth-order valence-corrected chi connectivity index (χ4v) is 1.79. The summed E-state index contributed by atoms with van der Waals surface area (Å²) in [5.41, 5.74) is 9.38. The second-order valence-electron chi connectivity index (χ2n) is 4.14. The molecule has 94 valence electrons. The predicted octanol–water partition coefficient (Wildman–Crippen LogP) is 2.97. The zero-order valence-corrected chi connectivity index (χ0v) is 10.5. The van der Waals surface area contributed by atoms with E-state index in [9.17, 15) is 0 Å². The van der Waals surface area contributed by atoms with Crippen molar-refractivity contribution in [3.63, 3.8) is 0 Å². The standard InChI is InChI=1S/C13H17N5/c1-11(12-5-3-2-4-6-12)9-13(10-14)16-7-8-17-18-15/h2-6,11,13,16H,7-9H2,1H3. The smallest absolute Gasteiger partial charge is 0.0958 e. The lowest BCUT2D eigenvalue weighted by atomic mass is 9.94. The molecule has 5 nitrogen and oxygen atoms in total. The van der Waals surface area contributed by atoms with Crippen LogP contribution in [0.3, 0.4) is 0 Å². The van der Waals surface area contributed by atoms with E-state index >= 15 is 0 Å². The first kappa shape index (κ1) is 14.0. The van der Waals surface area contributed by atoms with Crippen molar-refractivity contribution in [1.29, 1.82) is 5.26 Å². The van der Waals surface area contributed by atoms with E-state index in [1.807, 2.05) is 18.2 Å². The topological polar surface area (TPSA) is 84.6 Å². The number of benzene rings is 1. The van der Waals surface area contributed by atoms with E-state index in [0.717, 1.165) is 6.42 Å². The molecule has 0 aromatic heterocycles. The molecule has 0 aliphatic rings. The minimum Gasteiger partial charge on any atom is -0.302 e. The first-order valence-electron chi connectivity index (χ1n) is 5.96. The summed E-state index contributed by atoms with van der Waals surface area (Å²) in [5, 5.41) is 15.6.